The van der Waals surface area contributed by atoms with Crippen LogP contribution in [0, 0.1) is 13.8 Å². The quantitative estimate of drug-likeness (QED) is 0.515. The molecule has 3 aromatic rings. The molecule has 0 spiro atoms. The molecule has 0 atom stereocenters. The van der Waals surface area contributed by atoms with E-state index in [0.29, 0.717) is 34.9 Å². The van der Waals surface area contributed by atoms with Crippen LogP contribution < -0.4 is 19.7 Å². The SMILES string of the molecule is CCOc1ccc(NC2=C(c3ccc(C)c(C)c3)C(=O)N(c3cccc(OC)c3)C2=O)cc1. The van der Waals surface area contributed by atoms with Gasteiger partial charge in [-0.25, -0.2) is 4.90 Å². The van der Waals surface area contributed by atoms with E-state index in [1.54, 1.807) is 31.4 Å². The first-order chi connectivity index (χ1) is 15.9. The molecule has 1 heterocycles. The Kier molecular flexibility index (Phi) is 6.18. The molecule has 4 rings (SSSR count). The van der Waals surface area contributed by atoms with E-state index in [2.05, 4.69) is 5.32 Å². The summed E-state index contributed by atoms with van der Waals surface area (Å²) < 4.78 is 10.8. The van der Waals surface area contributed by atoms with Gasteiger partial charge in [0.15, 0.2) is 0 Å². The van der Waals surface area contributed by atoms with Gasteiger partial charge in [-0.05, 0) is 73.9 Å². The fourth-order valence-corrected chi connectivity index (χ4v) is 3.74. The van der Waals surface area contributed by atoms with Crippen LogP contribution in [0.3, 0.4) is 0 Å². The Morgan fingerprint density at radius 2 is 1.61 bits per heavy atom. The standard InChI is InChI=1S/C27H26N2O4/c1-5-33-22-13-11-20(12-14-22)28-25-24(19-10-9-17(2)18(3)15-19)26(30)29(27(25)31)21-7-6-8-23(16-21)32-4/h6-16,28H,5H2,1-4H3. The Morgan fingerprint density at radius 1 is 0.848 bits per heavy atom. The Morgan fingerprint density at radius 3 is 2.27 bits per heavy atom. The minimum absolute atomic E-state index is 0.232. The topological polar surface area (TPSA) is 67.9 Å². The Balaban J connectivity index is 1.79. The maximum Gasteiger partial charge on any atom is 0.282 e. The molecule has 2 amide bonds. The van der Waals surface area contributed by atoms with Crippen LogP contribution in [0.25, 0.3) is 5.57 Å². The van der Waals surface area contributed by atoms with Gasteiger partial charge in [0, 0.05) is 11.8 Å². The van der Waals surface area contributed by atoms with Crippen LogP contribution in [0.1, 0.15) is 23.6 Å². The maximum absolute atomic E-state index is 13.6. The number of carbonyl (C=O) groups is 2. The molecule has 6 heteroatoms. The van der Waals surface area contributed by atoms with Gasteiger partial charge in [-0.15, -0.1) is 0 Å². The number of ether oxygens (including phenoxy) is 2. The Hall–Kier alpha value is -4.06. The second-order valence-electron chi connectivity index (χ2n) is 7.78. The fourth-order valence-electron chi connectivity index (χ4n) is 3.74. The van der Waals surface area contributed by atoms with Crippen molar-refractivity contribution in [3.8, 4) is 11.5 Å². The number of nitrogens with one attached hydrogen (secondary N) is 1. The van der Waals surface area contributed by atoms with E-state index < -0.39 is 5.91 Å². The second-order valence-corrected chi connectivity index (χ2v) is 7.78. The van der Waals surface area contributed by atoms with Gasteiger partial charge in [-0.2, -0.15) is 0 Å². The molecular formula is C27H26N2O4. The number of aryl methyl sites for hydroxylation is 2. The van der Waals surface area contributed by atoms with Crippen molar-refractivity contribution in [2.75, 3.05) is 23.9 Å². The number of carbonyl (C=O) groups excluding carboxylic acids is 2. The second kappa shape index (κ2) is 9.20. The van der Waals surface area contributed by atoms with Crippen LogP contribution in [0.5, 0.6) is 11.5 Å². The van der Waals surface area contributed by atoms with Crippen LogP contribution in [-0.2, 0) is 9.59 Å². The number of amides is 2. The summed E-state index contributed by atoms with van der Waals surface area (Å²) in [5.41, 5.74) is 4.55. The first kappa shape index (κ1) is 22.1. The van der Waals surface area contributed by atoms with Gasteiger partial charge >= 0.3 is 0 Å². The molecule has 0 radical (unpaired) electrons. The molecule has 0 aromatic heterocycles. The first-order valence-corrected chi connectivity index (χ1v) is 10.8. The third kappa shape index (κ3) is 4.32. The minimum Gasteiger partial charge on any atom is -0.497 e. The van der Waals surface area contributed by atoms with Crippen molar-refractivity contribution in [2.45, 2.75) is 20.8 Å². The third-order valence-electron chi connectivity index (χ3n) is 5.63. The van der Waals surface area contributed by atoms with Gasteiger partial charge in [0.25, 0.3) is 11.8 Å². The first-order valence-electron chi connectivity index (χ1n) is 10.8. The Labute approximate surface area is 193 Å². The average molecular weight is 443 g/mol. The van der Waals surface area contributed by atoms with Crippen LogP contribution in [-0.4, -0.2) is 25.5 Å². The van der Waals surface area contributed by atoms with Crippen LogP contribution >= 0.6 is 0 Å². The lowest BCUT2D eigenvalue weighted by molar-refractivity contribution is -0.120. The van der Waals surface area contributed by atoms with Crippen LogP contribution in [0.2, 0.25) is 0 Å². The van der Waals surface area contributed by atoms with Crippen molar-refractivity contribution in [1.29, 1.82) is 0 Å². The molecule has 0 bridgehead atoms. The van der Waals surface area contributed by atoms with Gasteiger partial charge in [0.05, 0.1) is 25.0 Å². The van der Waals surface area contributed by atoms with E-state index in [4.69, 9.17) is 9.47 Å². The summed E-state index contributed by atoms with van der Waals surface area (Å²) in [6.45, 7) is 6.48. The van der Waals surface area contributed by atoms with Crippen LogP contribution in [0.4, 0.5) is 11.4 Å². The Bertz CT molecular complexity index is 1250. The summed E-state index contributed by atoms with van der Waals surface area (Å²) in [5, 5.41) is 3.18. The summed E-state index contributed by atoms with van der Waals surface area (Å²) >= 11 is 0. The predicted molar refractivity (Wildman–Crippen MR) is 130 cm³/mol. The van der Waals surface area contributed by atoms with Crippen molar-refractivity contribution in [1.82, 2.24) is 0 Å². The van der Waals surface area contributed by atoms with Crippen molar-refractivity contribution < 1.29 is 19.1 Å². The summed E-state index contributed by atoms with van der Waals surface area (Å²) in [6.07, 6.45) is 0. The molecule has 0 fully saturated rings. The van der Waals surface area contributed by atoms with E-state index >= 15 is 0 Å². The minimum atomic E-state index is -0.421. The van der Waals surface area contributed by atoms with E-state index in [1.165, 1.54) is 4.90 Å². The molecular weight excluding hydrogens is 416 g/mol. The zero-order valence-electron chi connectivity index (χ0n) is 19.1. The van der Waals surface area contributed by atoms with E-state index in [1.807, 2.05) is 63.2 Å². The highest BCUT2D eigenvalue weighted by Gasteiger charge is 2.40. The number of imide groups is 1. The molecule has 3 aromatic carbocycles. The normalized spacial score (nSPS) is 13.5. The monoisotopic (exact) mass is 442 g/mol. The van der Waals surface area contributed by atoms with Crippen molar-refractivity contribution >= 4 is 28.8 Å². The molecule has 6 nitrogen and oxygen atoms in total. The number of methoxy groups -OCH3 is 1. The number of anilines is 2. The van der Waals surface area contributed by atoms with Crippen molar-refractivity contribution in [2.24, 2.45) is 0 Å². The number of hydrogen-bond acceptors (Lipinski definition) is 5. The summed E-state index contributed by atoms with van der Waals surface area (Å²) in [4.78, 5) is 28.3. The van der Waals surface area contributed by atoms with Gasteiger partial charge in [0.1, 0.15) is 17.2 Å². The number of rotatable bonds is 7. The lowest BCUT2D eigenvalue weighted by Crippen LogP contribution is -2.32. The maximum atomic E-state index is 13.6. The van der Waals surface area contributed by atoms with Gasteiger partial charge in [-0.3, -0.25) is 9.59 Å². The summed E-state index contributed by atoms with van der Waals surface area (Å²) in [7, 11) is 1.55. The zero-order valence-corrected chi connectivity index (χ0v) is 19.1. The molecule has 168 valence electrons. The number of nitrogens with zero attached hydrogens (tertiary/aromatic N) is 1. The predicted octanol–water partition coefficient (Wildman–Crippen LogP) is 5.11. The summed E-state index contributed by atoms with van der Waals surface area (Å²) in [6, 6.07) is 20.0. The molecule has 33 heavy (non-hydrogen) atoms. The highest BCUT2D eigenvalue weighted by atomic mass is 16.5. The third-order valence-corrected chi connectivity index (χ3v) is 5.63. The highest BCUT2D eigenvalue weighted by Crippen LogP contribution is 2.35. The molecule has 1 N–H and O–H groups in total. The molecule has 0 aliphatic carbocycles. The van der Waals surface area contributed by atoms with E-state index in [0.717, 1.165) is 16.9 Å². The van der Waals surface area contributed by atoms with Gasteiger partial charge in [0.2, 0.25) is 0 Å². The lowest BCUT2D eigenvalue weighted by Gasteiger charge is -2.16. The highest BCUT2D eigenvalue weighted by molar-refractivity contribution is 6.46. The molecule has 0 saturated carbocycles. The van der Waals surface area contributed by atoms with E-state index in [9.17, 15) is 9.59 Å². The van der Waals surface area contributed by atoms with E-state index in [-0.39, 0.29) is 11.6 Å². The number of benzene rings is 3. The molecule has 1 aliphatic rings. The zero-order chi connectivity index (χ0) is 23.5. The van der Waals surface area contributed by atoms with Crippen LogP contribution in [0.15, 0.2) is 72.4 Å². The number of hydrogen-bond donors (Lipinski definition) is 1. The largest absolute Gasteiger partial charge is 0.497 e. The molecule has 0 saturated heterocycles. The average Bonchev–Trinajstić information content (AvgIpc) is 3.06. The molecule has 0 unspecified atom stereocenters. The van der Waals surface area contributed by atoms with Gasteiger partial charge in [-0.1, -0.05) is 24.3 Å². The summed E-state index contributed by atoms with van der Waals surface area (Å²) in [5.74, 6) is 0.493. The fraction of sp³-hybridized carbons (Fsp3) is 0.185. The molecule has 1 aliphatic heterocycles. The smallest absolute Gasteiger partial charge is 0.282 e. The lowest BCUT2D eigenvalue weighted by atomic mass is 9.99. The van der Waals surface area contributed by atoms with Crippen molar-refractivity contribution in [3.05, 3.63) is 89.1 Å². The van der Waals surface area contributed by atoms with Crippen molar-refractivity contribution in [3.63, 3.8) is 0 Å². The van der Waals surface area contributed by atoms with Gasteiger partial charge < -0.3 is 14.8 Å².